The van der Waals surface area contributed by atoms with Gasteiger partial charge < -0.3 is 24.6 Å². The maximum Gasteiger partial charge on any atom is 0.430 e. The van der Waals surface area contributed by atoms with Gasteiger partial charge in [-0.3, -0.25) is 9.69 Å². The second-order valence-electron chi connectivity index (χ2n) is 13.9. The van der Waals surface area contributed by atoms with Gasteiger partial charge in [-0.2, -0.15) is 26.3 Å². The van der Waals surface area contributed by atoms with Crippen molar-refractivity contribution >= 4 is 11.9 Å². The highest BCUT2D eigenvalue weighted by Gasteiger charge is 2.71. The molecule has 56 heavy (non-hydrogen) atoms. The molecule has 0 saturated carbocycles. The summed E-state index contributed by atoms with van der Waals surface area (Å²) in [5, 5.41) is 13.3. The quantitative estimate of drug-likeness (QED) is 0.0715. The molecule has 0 aliphatic carbocycles. The van der Waals surface area contributed by atoms with Crippen LogP contribution in [-0.4, -0.2) is 60.7 Å². The van der Waals surface area contributed by atoms with Gasteiger partial charge in [0.1, 0.15) is 24.5 Å². The number of unbranched alkanes of at least 4 members (excludes halogenated alkanes) is 1. The molecule has 2 N–H and O–H groups in total. The van der Waals surface area contributed by atoms with E-state index in [9.17, 15) is 41.0 Å². The van der Waals surface area contributed by atoms with Gasteiger partial charge in [-0.25, -0.2) is 4.79 Å². The summed E-state index contributed by atoms with van der Waals surface area (Å²) in [6, 6.07) is 23.8. The largest absolute Gasteiger partial charge is 0.493 e. The molecule has 0 aromatic heterocycles. The maximum atomic E-state index is 14.2. The molecule has 1 saturated heterocycles. The number of hydrogen-bond donors (Lipinski definition) is 2. The fraction of sp³-hybridized carbons (Fsp3) is 0.381. The number of ether oxygens (including phenoxy) is 3. The first-order valence-corrected chi connectivity index (χ1v) is 18.4. The van der Waals surface area contributed by atoms with Gasteiger partial charge in [-0.15, -0.1) is 0 Å². The number of urea groups is 1. The summed E-state index contributed by atoms with van der Waals surface area (Å²) in [6.45, 7) is 2.54. The zero-order valence-corrected chi connectivity index (χ0v) is 30.6. The van der Waals surface area contributed by atoms with Crippen LogP contribution in [0.25, 0.3) is 0 Å². The van der Waals surface area contributed by atoms with E-state index in [0.717, 1.165) is 28.2 Å². The number of carbonyl (C=O) groups is 2. The van der Waals surface area contributed by atoms with E-state index in [2.05, 4.69) is 5.32 Å². The summed E-state index contributed by atoms with van der Waals surface area (Å²) >= 11 is 0. The normalized spacial score (nSPS) is 17.2. The Morgan fingerprint density at radius 1 is 0.750 bits per heavy atom. The third-order valence-electron chi connectivity index (χ3n) is 10.3. The number of nitrogens with zero attached hydrogens (tertiary/aromatic N) is 1. The molecular weight excluding hydrogens is 742 g/mol. The van der Waals surface area contributed by atoms with Crippen LogP contribution in [0, 0.1) is 0 Å². The Balaban J connectivity index is 1.24. The number of fused-ring (bicyclic) bond motifs is 1. The molecular formula is C42H42F6N2O6. The summed E-state index contributed by atoms with van der Waals surface area (Å²) in [6.07, 6.45) is -10.7. The van der Waals surface area contributed by atoms with E-state index in [4.69, 9.17) is 14.2 Å². The van der Waals surface area contributed by atoms with E-state index in [0.29, 0.717) is 36.7 Å². The molecule has 8 nitrogen and oxygen atoms in total. The minimum Gasteiger partial charge on any atom is -0.493 e. The van der Waals surface area contributed by atoms with Crippen molar-refractivity contribution < 1.29 is 55.2 Å². The van der Waals surface area contributed by atoms with Gasteiger partial charge in [0.05, 0.1) is 6.61 Å². The molecule has 1 unspecified atom stereocenters. The van der Waals surface area contributed by atoms with Crippen molar-refractivity contribution in [3.8, 4) is 17.2 Å². The minimum absolute atomic E-state index is 0.0126. The van der Waals surface area contributed by atoms with Gasteiger partial charge >= 0.3 is 18.4 Å². The second-order valence-corrected chi connectivity index (χ2v) is 13.9. The molecule has 2 aliphatic heterocycles. The van der Waals surface area contributed by atoms with Crippen LogP contribution in [0.5, 0.6) is 17.2 Å². The van der Waals surface area contributed by atoms with E-state index in [1.165, 1.54) is 0 Å². The second kappa shape index (κ2) is 16.5. The van der Waals surface area contributed by atoms with E-state index in [1.807, 2.05) is 0 Å². The zero-order chi connectivity index (χ0) is 40.1. The molecule has 14 heteroatoms. The number of aryl methyl sites for hydroxylation is 4. The van der Waals surface area contributed by atoms with Gasteiger partial charge in [0.25, 0.3) is 11.5 Å². The van der Waals surface area contributed by atoms with Crippen molar-refractivity contribution in [2.24, 2.45) is 0 Å². The first kappa shape index (κ1) is 40.4. The molecule has 4 aromatic carbocycles. The van der Waals surface area contributed by atoms with Gasteiger partial charge in [0.15, 0.2) is 11.5 Å². The van der Waals surface area contributed by atoms with Crippen molar-refractivity contribution in [3.63, 3.8) is 0 Å². The summed E-state index contributed by atoms with van der Waals surface area (Å²) in [5.41, 5.74) is -5.50. The van der Waals surface area contributed by atoms with Gasteiger partial charge in [-0.05, 0) is 97.0 Å². The smallest absolute Gasteiger partial charge is 0.430 e. The molecule has 1 fully saturated rings. The molecule has 4 aromatic rings. The Hall–Kier alpha value is -5.24. The Labute approximate surface area is 320 Å². The molecule has 1 atom stereocenters. The van der Waals surface area contributed by atoms with E-state index in [1.54, 1.807) is 85.8 Å². The van der Waals surface area contributed by atoms with Crippen LogP contribution in [0.1, 0.15) is 59.6 Å². The van der Waals surface area contributed by atoms with Crippen LogP contribution < -0.4 is 19.5 Å². The molecule has 298 valence electrons. The average molecular weight is 785 g/mol. The van der Waals surface area contributed by atoms with Crippen LogP contribution in [0.15, 0.2) is 91.0 Å². The van der Waals surface area contributed by atoms with Crippen LogP contribution in [0.3, 0.4) is 0 Å². The number of nitrogens with one attached hydrogen (secondary N) is 1. The topological polar surface area (TPSA) is 97.3 Å². The number of carbonyl (C=O) groups excluding carboxylic acids is 2. The maximum absolute atomic E-state index is 14.2. The van der Waals surface area contributed by atoms with Gasteiger partial charge in [0.2, 0.25) is 0 Å². The summed E-state index contributed by atoms with van der Waals surface area (Å²) in [5.74, 6) is 0.703. The van der Waals surface area contributed by atoms with E-state index >= 15 is 0 Å². The van der Waals surface area contributed by atoms with Crippen molar-refractivity contribution in [1.29, 1.82) is 0 Å². The van der Waals surface area contributed by atoms with Crippen molar-refractivity contribution in [2.75, 3.05) is 26.4 Å². The SMILES string of the molecule is CCC1(c2ccc3c(c2)OCCO3)NC(=O)N(CCCCOc2c(CCc3ccccc3)cc(C(O)(C(F)(F)F)C(F)(F)F)cc2CCc2ccccc2)C1=O. The zero-order valence-electron chi connectivity index (χ0n) is 30.6. The van der Waals surface area contributed by atoms with Crippen molar-refractivity contribution in [3.05, 3.63) is 124 Å². The lowest BCUT2D eigenvalue weighted by Crippen LogP contribution is -2.54. The lowest BCUT2D eigenvalue weighted by Gasteiger charge is -2.33. The third-order valence-corrected chi connectivity index (χ3v) is 10.3. The number of amides is 3. The highest BCUT2D eigenvalue weighted by Crippen LogP contribution is 2.51. The standard InChI is InChI=1S/C42H42F6N2O6/c1-2-39(32-19-20-34-35(27-32)55-24-23-54-34)37(51)50(38(52)49-39)21-9-10-22-56-36-30(17-15-28-11-5-3-6-12-28)25-33(40(53,41(43,44)45)42(46,47)48)26-31(36)18-16-29-13-7-4-8-14-29/h3-8,11-14,19-20,25-27,53H,2,9-10,15-18,21-24H2,1H3,(H,49,52). The van der Waals surface area contributed by atoms with Crippen LogP contribution in [0.4, 0.5) is 31.1 Å². The lowest BCUT2D eigenvalue weighted by atomic mass is 9.86. The Morgan fingerprint density at radius 3 is 1.84 bits per heavy atom. The molecule has 0 spiro atoms. The number of benzene rings is 4. The number of alkyl halides is 6. The molecule has 2 heterocycles. The first-order chi connectivity index (χ1) is 26.7. The predicted molar refractivity (Wildman–Crippen MR) is 195 cm³/mol. The Morgan fingerprint density at radius 2 is 1.30 bits per heavy atom. The van der Waals surface area contributed by atoms with E-state index in [-0.39, 0.29) is 68.6 Å². The molecule has 3 amide bonds. The van der Waals surface area contributed by atoms with Crippen molar-refractivity contribution in [1.82, 2.24) is 10.2 Å². The number of halogens is 6. The van der Waals surface area contributed by atoms with Crippen LogP contribution in [-0.2, 0) is 41.6 Å². The summed E-state index contributed by atoms with van der Waals surface area (Å²) in [7, 11) is 0. The Bertz CT molecular complexity index is 1930. The molecule has 0 bridgehead atoms. The first-order valence-electron chi connectivity index (χ1n) is 18.4. The minimum atomic E-state index is -6.07. The summed E-state index contributed by atoms with van der Waals surface area (Å²) in [4.78, 5) is 28.1. The summed E-state index contributed by atoms with van der Waals surface area (Å²) < 4.78 is 103. The fourth-order valence-electron chi connectivity index (χ4n) is 7.18. The fourth-order valence-corrected chi connectivity index (χ4v) is 7.18. The van der Waals surface area contributed by atoms with Crippen LogP contribution in [0.2, 0.25) is 0 Å². The van der Waals surface area contributed by atoms with Gasteiger partial charge in [-0.1, -0.05) is 73.7 Å². The number of aliphatic hydroxyl groups is 1. The molecule has 0 radical (unpaired) electrons. The highest BCUT2D eigenvalue weighted by atomic mass is 19.4. The van der Waals surface area contributed by atoms with Gasteiger partial charge in [0, 0.05) is 12.1 Å². The number of hydrogen-bond acceptors (Lipinski definition) is 6. The monoisotopic (exact) mass is 784 g/mol. The average Bonchev–Trinajstić information content (AvgIpc) is 3.44. The number of rotatable bonds is 15. The van der Waals surface area contributed by atoms with E-state index < -0.39 is 41.0 Å². The lowest BCUT2D eigenvalue weighted by molar-refractivity contribution is -0.376. The molecule has 2 aliphatic rings. The third kappa shape index (κ3) is 8.16. The Kier molecular flexibility index (Phi) is 11.9. The molecule has 6 rings (SSSR count). The number of imide groups is 1. The van der Waals surface area contributed by atoms with Crippen molar-refractivity contribution in [2.45, 2.75) is 75.4 Å². The highest BCUT2D eigenvalue weighted by molar-refractivity contribution is 6.07. The predicted octanol–water partition coefficient (Wildman–Crippen LogP) is 8.36. The van der Waals surface area contributed by atoms with Crippen LogP contribution >= 0.6 is 0 Å².